The number of hydrogen-bond donors (Lipinski definition) is 3. The quantitative estimate of drug-likeness (QED) is 0.319. The zero-order valence-electron chi connectivity index (χ0n) is 11.1. The van der Waals surface area contributed by atoms with Gasteiger partial charge in [0.25, 0.3) is 0 Å². The third-order valence-corrected chi connectivity index (χ3v) is 3.49. The van der Waals surface area contributed by atoms with E-state index in [2.05, 4.69) is 15.0 Å². The minimum absolute atomic E-state index is 0.00340. The molecule has 1 saturated heterocycles. The fraction of sp³-hybridized carbons (Fsp3) is 0.538. The molecule has 104 valence electrons. The van der Waals surface area contributed by atoms with Gasteiger partial charge in [0, 0.05) is 13.1 Å². The van der Waals surface area contributed by atoms with Crippen molar-refractivity contribution in [1.29, 1.82) is 0 Å². The van der Waals surface area contributed by atoms with Gasteiger partial charge in [-0.2, -0.15) is 0 Å². The molecule has 0 bridgehead atoms. The van der Waals surface area contributed by atoms with Gasteiger partial charge in [-0.15, -0.1) is 0 Å². The highest BCUT2D eigenvalue weighted by Gasteiger charge is 2.25. The predicted molar refractivity (Wildman–Crippen MR) is 73.4 cm³/mol. The lowest BCUT2D eigenvalue weighted by atomic mass is 9.98. The standard InChI is InChI=1S/C13H20N4O2/c1-13(18)6-3-8-17(9-7-13)11-5-2-4-10(15-11)12(14)16-19/h2,4-5,18-19H,3,6-9H2,1H3,(H2,14,16). The summed E-state index contributed by atoms with van der Waals surface area (Å²) in [5.74, 6) is 0.797. The van der Waals surface area contributed by atoms with Crippen LogP contribution in [0.25, 0.3) is 0 Å². The normalized spacial score (nSPS) is 25.2. The van der Waals surface area contributed by atoms with Crippen LogP contribution in [0.3, 0.4) is 0 Å². The fourth-order valence-electron chi connectivity index (χ4n) is 2.29. The van der Waals surface area contributed by atoms with Gasteiger partial charge in [0.2, 0.25) is 0 Å². The van der Waals surface area contributed by atoms with E-state index in [1.165, 1.54) is 0 Å². The molecule has 0 aliphatic carbocycles. The van der Waals surface area contributed by atoms with Crippen molar-refractivity contribution in [3.05, 3.63) is 23.9 Å². The lowest BCUT2D eigenvalue weighted by molar-refractivity contribution is 0.0481. The molecule has 1 aliphatic heterocycles. The maximum Gasteiger partial charge on any atom is 0.188 e. The van der Waals surface area contributed by atoms with E-state index in [4.69, 9.17) is 10.9 Å². The largest absolute Gasteiger partial charge is 0.409 e. The Kier molecular flexibility index (Phi) is 3.90. The first-order chi connectivity index (χ1) is 9.02. The van der Waals surface area contributed by atoms with Crippen LogP contribution in [0.1, 0.15) is 31.9 Å². The van der Waals surface area contributed by atoms with E-state index in [1.54, 1.807) is 6.07 Å². The van der Waals surface area contributed by atoms with Crippen LogP contribution < -0.4 is 10.6 Å². The third kappa shape index (κ3) is 3.35. The van der Waals surface area contributed by atoms with Crippen molar-refractivity contribution in [2.75, 3.05) is 18.0 Å². The third-order valence-electron chi connectivity index (χ3n) is 3.49. The monoisotopic (exact) mass is 264 g/mol. The summed E-state index contributed by atoms with van der Waals surface area (Å²) in [6.07, 6.45) is 2.42. The average Bonchev–Trinajstić information content (AvgIpc) is 2.59. The van der Waals surface area contributed by atoms with Crippen molar-refractivity contribution < 1.29 is 10.3 Å². The van der Waals surface area contributed by atoms with Crippen LogP contribution in [0.15, 0.2) is 23.4 Å². The SMILES string of the molecule is CC1(O)CCCN(c2cccc(/C(N)=N/O)n2)CC1. The lowest BCUT2D eigenvalue weighted by Gasteiger charge is -2.23. The van der Waals surface area contributed by atoms with E-state index < -0.39 is 5.60 Å². The molecule has 1 atom stereocenters. The molecule has 0 aromatic carbocycles. The van der Waals surface area contributed by atoms with Gasteiger partial charge in [0.1, 0.15) is 11.5 Å². The maximum atomic E-state index is 10.1. The molecule has 1 aliphatic rings. The molecule has 2 heterocycles. The number of amidine groups is 1. The van der Waals surface area contributed by atoms with Crippen molar-refractivity contribution in [1.82, 2.24) is 4.98 Å². The van der Waals surface area contributed by atoms with Crippen LogP contribution in [-0.4, -0.2) is 39.8 Å². The highest BCUT2D eigenvalue weighted by Crippen LogP contribution is 2.24. The molecule has 0 amide bonds. The molecule has 2 rings (SSSR count). The number of anilines is 1. The number of pyridine rings is 1. The van der Waals surface area contributed by atoms with Gasteiger partial charge < -0.3 is 20.9 Å². The molecule has 1 aromatic rings. The van der Waals surface area contributed by atoms with Crippen molar-refractivity contribution in [2.45, 2.75) is 31.8 Å². The molecular formula is C13H20N4O2. The summed E-state index contributed by atoms with van der Waals surface area (Å²) in [4.78, 5) is 6.51. The smallest absolute Gasteiger partial charge is 0.188 e. The average molecular weight is 264 g/mol. The second-order valence-corrected chi connectivity index (χ2v) is 5.20. The maximum absolute atomic E-state index is 10.1. The van der Waals surface area contributed by atoms with Gasteiger partial charge in [-0.1, -0.05) is 11.2 Å². The molecule has 0 saturated carbocycles. The Hall–Kier alpha value is -1.82. The Balaban J connectivity index is 2.18. The van der Waals surface area contributed by atoms with Crippen molar-refractivity contribution in [3.8, 4) is 0 Å². The zero-order valence-corrected chi connectivity index (χ0v) is 11.1. The Morgan fingerprint density at radius 2 is 2.21 bits per heavy atom. The summed E-state index contributed by atoms with van der Waals surface area (Å²) in [6.45, 7) is 3.47. The molecule has 6 nitrogen and oxygen atoms in total. The molecule has 1 fully saturated rings. The summed E-state index contributed by atoms with van der Waals surface area (Å²) < 4.78 is 0. The van der Waals surface area contributed by atoms with Gasteiger partial charge >= 0.3 is 0 Å². The zero-order chi connectivity index (χ0) is 13.9. The fourth-order valence-corrected chi connectivity index (χ4v) is 2.29. The number of aliphatic hydroxyl groups is 1. The molecule has 19 heavy (non-hydrogen) atoms. The molecule has 6 heteroatoms. The summed E-state index contributed by atoms with van der Waals surface area (Å²) >= 11 is 0. The van der Waals surface area contributed by atoms with E-state index >= 15 is 0 Å². The second-order valence-electron chi connectivity index (χ2n) is 5.20. The van der Waals surface area contributed by atoms with Crippen molar-refractivity contribution >= 4 is 11.7 Å². The van der Waals surface area contributed by atoms with Gasteiger partial charge in [-0.25, -0.2) is 4.98 Å². The van der Waals surface area contributed by atoms with Gasteiger partial charge in [-0.05, 0) is 38.3 Å². The first kappa shape index (κ1) is 13.6. The summed E-state index contributed by atoms with van der Waals surface area (Å²) in [5.41, 5.74) is 5.40. The van der Waals surface area contributed by atoms with Crippen molar-refractivity contribution in [2.24, 2.45) is 10.9 Å². The predicted octanol–water partition coefficient (Wildman–Crippen LogP) is 0.917. The van der Waals surface area contributed by atoms with Crippen LogP contribution >= 0.6 is 0 Å². The van der Waals surface area contributed by atoms with E-state index in [9.17, 15) is 5.11 Å². The summed E-state index contributed by atoms with van der Waals surface area (Å²) in [7, 11) is 0. The lowest BCUT2D eigenvalue weighted by Crippen LogP contribution is -2.29. The van der Waals surface area contributed by atoms with E-state index in [0.717, 1.165) is 31.7 Å². The minimum Gasteiger partial charge on any atom is -0.409 e. The highest BCUT2D eigenvalue weighted by molar-refractivity contribution is 5.95. The number of nitrogens with zero attached hydrogens (tertiary/aromatic N) is 3. The number of aromatic nitrogens is 1. The molecule has 4 N–H and O–H groups in total. The topological polar surface area (TPSA) is 95.0 Å². The Morgan fingerprint density at radius 1 is 1.42 bits per heavy atom. The number of rotatable bonds is 2. The van der Waals surface area contributed by atoms with Crippen LogP contribution in [0.4, 0.5) is 5.82 Å². The molecule has 1 unspecified atom stereocenters. The second kappa shape index (κ2) is 5.44. The Labute approximate surface area is 112 Å². The van der Waals surface area contributed by atoms with Crippen LogP contribution in [0.5, 0.6) is 0 Å². The van der Waals surface area contributed by atoms with Gasteiger partial charge in [-0.3, -0.25) is 0 Å². The summed E-state index contributed by atoms with van der Waals surface area (Å²) in [5, 5.41) is 21.7. The summed E-state index contributed by atoms with van der Waals surface area (Å²) in [6, 6.07) is 5.43. The molecule has 1 aromatic heterocycles. The molecular weight excluding hydrogens is 244 g/mol. The van der Waals surface area contributed by atoms with Gasteiger partial charge in [0.15, 0.2) is 5.84 Å². The number of hydrogen-bond acceptors (Lipinski definition) is 5. The Morgan fingerprint density at radius 3 is 2.95 bits per heavy atom. The molecule has 0 radical (unpaired) electrons. The van der Waals surface area contributed by atoms with Crippen molar-refractivity contribution in [3.63, 3.8) is 0 Å². The first-order valence-corrected chi connectivity index (χ1v) is 6.44. The van der Waals surface area contributed by atoms with E-state index in [1.807, 2.05) is 19.1 Å². The van der Waals surface area contributed by atoms with E-state index in [0.29, 0.717) is 12.1 Å². The highest BCUT2D eigenvalue weighted by atomic mass is 16.4. The Bertz CT molecular complexity index is 473. The first-order valence-electron chi connectivity index (χ1n) is 6.44. The van der Waals surface area contributed by atoms with Crippen LogP contribution in [0.2, 0.25) is 0 Å². The van der Waals surface area contributed by atoms with Crippen LogP contribution in [0, 0.1) is 0 Å². The van der Waals surface area contributed by atoms with E-state index in [-0.39, 0.29) is 5.84 Å². The molecule has 0 spiro atoms. The number of oxime groups is 1. The van der Waals surface area contributed by atoms with Crippen LogP contribution in [-0.2, 0) is 0 Å². The van der Waals surface area contributed by atoms with Gasteiger partial charge in [0.05, 0.1) is 5.60 Å². The minimum atomic E-state index is -0.599. The number of nitrogens with two attached hydrogens (primary N) is 1.